The first-order valence-electron chi connectivity index (χ1n) is 6.58. The number of amides is 1. The van der Waals surface area contributed by atoms with E-state index >= 15 is 0 Å². The summed E-state index contributed by atoms with van der Waals surface area (Å²) in [4.78, 5) is 13.3. The van der Waals surface area contributed by atoms with Crippen molar-refractivity contribution < 1.29 is 9.69 Å². The minimum Gasteiger partial charge on any atom is -0.327 e. The molecule has 0 bridgehead atoms. The summed E-state index contributed by atoms with van der Waals surface area (Å²) in [6.45, 7) is 1.05. The molecule has 1 unspecified atom stereocenters. The Kier molecular flexibility index (Phi) is 4.93. The Morgan fingerprint density at radius 3 is 3.00 bits per heavy atom. The molecule has 1 aliphatic rings. The number of hydrogen-bond donors (Lipinski definition) is 2. The summed E-state index contributed by atoms with van der Waals surface area (Å²) >= 11 is 6.00. The maximum absolute atomic E-state index is 12.0. The number of hydrazone groups is 1. The number of likely N-dealkylation sites (tertiary alicyclic amines) is 1. The van der Waals surface area contributed by atoms with E-state index in [4.69, 9.17) is 11.6 Å². The van der Waals surface area contributed by atoms with Gasteiger partial charge >= 0.3 is 0 Å². The Morgan fingerprint density at radius 1 is 1.47 bits per heavy atom. The van der Waals surface area contributed by atoms with E-state index in [0.717, 1.165) is 24.9 Å². The highest BCUT2D eigenvalue weighted by Crippen LogP contribution is 2.12. The molecule has 2 atom stereocenters. The number of rotatable bonds is 3. The van der Waals surface area contributed by atoms with Gasteiger partial charge in [0.05, 0.1) is 19.8 Å². The Balaban J connectivity index is 1.91. The number of nitrogens with zero attached hydrogens (tertiary/aromatic N) is 1. The van der Waals surface area contributed by atoms with Gasteiger partial charge in [0.15, 0.2) is 6.04 Å². The molecule has 1 aromatic rings. The zero-order chi connectivity index (χ0) is 13.7. The number of benzene rings is 1. The predicted octanol–water partition coefficient (Wildman–Crippen LogP) is 0.857. The number of carbonyl (C=O) groups excluding carboxylic acids is 1. The van der Waals surface area contributed by atoms with E-state index in [1.807, 2.05) is 18.2 Å². The van der Waals surface area contributed by atoms with E-state index in [0.29, 0.717) is 5.02 Å². The van der Waals surface area contributed by atoms with Gasteiger partial charge in [0, 0.05) is 17.0 Å². The van der Waals surface area contributed by atoms with E-state index < -0.39 is 0 Å². The van der Waals surface area contributed by atoms with Gasteiger partial charge in [-0.05, 0) is 18.9 Å². The van der Waals surface area contributed by atoms with E-state index in [-0.39, 0.29) is 11.9 Å². The van der Waals surface area contributed by atoms with Crippen molar-refractivity contribution in [2.24, 2.45) is 5.10 Å². The Hall–Kier alpha value is -1.39. The van der Waals surface area contributed by atoms with Crippen molar-refractivity contribution in [1.29, 1.82) is 0 Å². The van der Waals surface area contributed by atoms with Crippen LogP contribution < -0.4 is 10.3 Å². The Bertz CT molecular complexity index is 476. The standard InChI is InChI=1S/C14H18ClN3O/c1-18-9-5-4-8-13(18)14(19)17-16-10-11-6-2-3-7-12(11)15/h2-3,6-7,10,13H,4-5,8-9H2,1H3,(H,17,19)/p+1/b16-10-/t13-/m1/s1. The normalized spacial score (nSPS) is 23.5. The van der Waals surface area contributed by atoms with Crippen LogP contribution in [0.2, 0.25) is 5.02 Å². The lowest BCUT2D eigenvalue weighted by molar-refractivity contribution is -0.901. The lowest BCUT2D eigenvalue weighted by atomic mass is 10.0. The van der Waals surface area contributed by atoms with Gasteiger partial charge in [-0.3, -0.25) is 4.79 Å². The van der Waals surface area contributed by atoms with Gasteiger partial charge < -0.3 is 4.90 Å². The molecule has 0 aromatic heterocycles. The third-order valence-corrected chi connectivity index (χ3v) is 3.85. The topological polar surface area (TPSA) is 45.9 Å². The number of piperidine rings is 1. The molecule has 2 N–H and O–H groups in total. The zero-order valence-corrected chi connectivity index (χ0v) is 11.8. The van der Waals surface area contributed by atoms with Crippen LogP contribution in [0.4, 0.5) is 0 Å². The van der Waals surface area contributed by atoms with Crippen LogP contribution >= 0.6 is 11.6 Å². The number of quaternary nitrogens is 1. The van der Waals surface area contributed by atoms with Crippen LogP contribution in [0.15, 0.2) is 29.4 Å². The van der Waals surface area contributed by atoms with Crippen molar-refractivity contribution in [3.63, 3.8) is 0 Å². The molecule has 5 heteroatoms. The lowest BCUT2D eigenvalue weighted by Gasteiger charge is -2.27. The van der Waals surface area contributed by atoms with Gasteiger partial charge in [-0.15, -0.1) is 0 Å². The van der Waals surface area contributed by atoms with Crippen LogP contribution in [0.25, 0.3) is 0 Å². The smallest absolute Gasteiger partial charge is 0.298 e. The molecule has 102 valence electrons. The summed E-state index contributed by atoms with van der Waals surface area (Å²) in [5.41, 5.74) is 3.41. The van der Waals surface area contributed by atoms with Crippen LogP contribution in [0.3, 0.4) is 0 Å². The summed E-state index contributed by atoms with van der Waals surface area (Å²) < 4.78 is 0. The average molecular weight is 281 g/mol. The third kappa shape index (κ3) is 3.78. The molecule has 0 saturated carbocycles. The van der Waals surface area contributed by atoms with Crippen LogP contribution in [-0.4, -0.2) is 31.8 Å². The molecule has 1 amide bonds. The fourth-order valence-electron chi connectivity index (χ4n) is 2.35. The van der Waals surface area contributed by atoms with E-state index in [9.17, 15) is 4.79 Å². The monoisotopic (exact) mass is 280 g/mol. The van der Waals surface area contributed by atoms with Crippen molar-refractivity contribution in [3.8, 4) is 0 Å². The minimum absolute atomic E-state index is 0.0112. The summed E-state index contributed by atoms with van der Waals surface area (Å²) in [6.07, 6.45) is 4.82. The summed E-state index contributed by atoms with van der Waals surface area (Å²) in [5.74, 6) is -0.0134. The number of hydrogen-bond acceptors (Lipinski definition) is 2. The quantitative estimate of drug-likeness (QED) is 0.626. The predicted molar refractivity (Wildman–Crippen MR) is 76.6 cm³/mol. The van der Waals surface area contributed by atoms with Crippen LogP contribution in [0, 0.1) is 0 Å². The van der Waals surface area contributed by atoms with Gasteiger partial charge in [-0.2, -0.15) is 5.10 Å². The van der Waals surface area contributed by atoms with E-state index in [1.165, 1.54) is 11.3 Å². The SMILES string of the molecule is C[NH+]1CCCC[C@@H]1C(=O)N/N=C\c1ccccc1Cl. The third-order valence-electron chi connectivity index (χ3n) is 3.51. The van der Waals surface area contributed by atoms with Crippen LogP contribution in [0.1, 0.15) is 24.8 Å². The first-order valence-corrected chi connectivity index (χ1v) is 6.96. The average Bonchev–Trinajstić information content (AvgIpc) is 2.41. The summed E-state index contributed by atoms with van der Waals surface area (Å²) in [5, 5.41) is 4.62. The molecule has 0 aliphatic carbocycles. The molecule has 0 spiro atoms. The van der Waals surface area contributed by atoms with Crippen molar-refractivity contribution in [3.05, 3.63) is 34.9 Å². The molecule has 1 aliphatic heterocycles. The first-order chi connectivity index (χ1) is 9.18. The Labute approximate surface area is 118 Å². The molecule has 1 fully saturated rings. The molecule has 1 aromatic carbocycles. The van der Waals surface area contributed by atoms with Crippen molar-refractivity contribution in [2.75, 3.05) is 13.6 Å². The largest absolute Gasteiger partial charge is 0.327 e. The molecule has 0 radical (unpaired) electrons. The highest BCUT2D eigenvalue weighted by Gasteiger charge is 2.29. The molecule has 1 saturated heterocycles. The molecule has 2 rings (SSSR count). The van der Waals surface area contributed by atoms with Gasteiger partial charge in [-0.25, -0.2) is 5.43 Å². The van der Waals surface area contributed by atoms with Gasteiger partial charge in [0.1, 0.15) is 0 Å². The molecule has 19 heavy (non-hydrogen) atoms. The second kappa shape index (κ2) is 6.68. The van der Waals surface area contributed by atoms with E-state index in [2.05, 4.69) is 17.6 Å². The second-order valence-electron chi connectivity index (χ2n) is 4.90. The molecular formula is C14H19ClN3O+. The number of carbonyl (C=O) groups is 1. The zero-order valence-electron chi connectivity index (χ0n) is 11.0. The van der Waals surface area contributed by atoms with Crippen molar-refractivity contribution in [2.45, 2.75) is 25.3 Å². The molecule has 1 heterocycles. The molecule has 4 nitrogen and oxygen atoms in total. The fourth-order valence-corrected chi connectivity index (χ4v) is 2.54. The van der Waals surface area contributed by atoms with Gasteiger partial charge in [0.2, 0.25) is 0 Å². The van der Waals surface area contributed by atoms with E-state index in [1.54, 1.807) is 12.3 Å². The van der Waals surface area contributed by atoms with Crippen LogP contribution in [-0.2, 0) is 4.79 Å². The summed E-state index contributed by atoms with van der Waals surface area (Å²) in [7, 11) is 2.06. The number of halogens is 1. The van der Waals surface area contributed by atoms with Gasteiger partial charge in [-0.1, -0.05) is 29.8 Å². The first kappa shape index (κ1) is 14.0. The highest BCUT2D eigenvalue weighted by molar-refractivity contribution is 6.33. The highest BCUT2D eigenvalue weighted by atomic mass is 35.5. The maximum atomic E-state index is 12.0. The summed E-state index contributed by atoms with van der Waals surface area (Å²) in [6, 6.07) is 7.41. The lowest BCUT2D eigenvalue weighted by Crippen LogP contribution is -3.15. The Morgan fingerprint density at radius 2 is 2.26 bits per heavy atom. The molecular weight excluding hydrogens is 262 g/mol. The van der Waals surface area contributed by atoms with Crippen molar-refractivity contribution in [1.82, 2.24) is 5.43 Å². The maximum Gasteiger partial charge on any atom is 0.298 e. The van der Waals surface area contributed by atoms with Crippen LogP contribution in [0.5, 0.6) is 0 Å². The number of likely N-dealkylation sites (N-methyl/N-ethyl adjacent to an activating group) is 1. The fraction of sp³-hybridized carbons (Fsp3) is 0.429. The number of nitrogens with one attached hydrogen (secondary N) is 2. The minimum atomic E-state index is -0.0134. The van der Waals surface area contributed by atoms with Crippen molar-refractivity contribution >= 4 is 23.7 Å². The van der Waals surface area contributed by atoms with Gasteiger partial charge in [0.25, 0.3) is 5.91 Å². The second-order valence-corrected chi connectivity index (χ2v) is 5.31.